The van der Waals surface area contributed by atoms with Crippen LogP contribution in [0.4, 0.5) is 0 Å². The molecule has 0 saturated carbocycles. The minimum Gasteiger partial charge on any atom is -0.512 e. The van der Waals surface area contributed by atoms with Gasteiger partial charge < -0.3 is 30.1 Å². The van der Waals surface area contributed by atoms with E-state index < -0.39 is 0 Å². The van der Waals surface area contributed by atoms with Gasteiger partial charge in [-0.2, -0.15) is 0 Å². The second kappa shape index (κ2) is 55.4. The Morgan fingerprint density at radius 2 is 0.724 bits per heavy atom. The van der Waals surface area contributed by atoms with Crippen LogP contribution >= 0.6 is 0 Å². The average Bonchev–Trinajstić information content (AvgIpc) is 0.781. The second-order valence-corrected chi connectivity index (χ2v) is 29.2. The predicted molar refractivity (Wildman–Crippen MR) is 513 cm³/mol. The van der Waals surface area contributed by atoms with Gasteiger partial charge in [0.15, 0.2) is 11.6 Å². The molecule has 4 radical (unpaired) electrons. The monoisotopic (exact) mass is 2380 g/mol. The summed E-state index contributed by atoms with van der Waals surface area (Å²) in [6, 6.07) is 124. The van der Waals surface area contributed by atoms with Crippen molar-refractivity contribution in [1.29, 1.82) is 0 Å². The summed E-state index contributed by atoms with van der Waals surface area (Å²) in [6.07, 6.45) is 9.78. The number of aliphatic hydroxyl groups is 2. The number of allylic oxidation sites excluding steroid dienone is 4. The van der Waals surface area contributed by atoms with Crippen molar-refractivity contribution < 1.29 is 100 Å². The van der Waals surface area contributed by atoms with Crippen LogP contribution in [0.1, 0.15) is 92.6 Å². The van der Waals surface area contributed by atoms with Gasteiger partial charge in [0.1, 0.15) is 0 Å². The summed E-state index contributed by atoms with van der Waals surface area (Å²) >= 11 is 0. The summed E-state index contributed by atoms with van der Waals surface area (Å²) in [7, 11) is 0. The van der Waals surface area contributed by atoms with Gasteiger partial charge in [-0.05, 0) is 160 Å². The molecule has 654 valence electrons. The Morgan fingerprint density at radius 3 is 1.20 bits per heavy atom. The zero-order valence-corrected chi connectivity index (χ0v) is 81.7. The van der Waals surface area contributed by atoms with Crippen molar-refractivity contribution in [3.63, 3.8) is 0 Å². The first kappa shape index (κ1) is 107. The van der Waals surface area contributed by atoms with Gasteiger partial charge in [0, 0.05) is 134 Å². The number of fused-ring (bicyclic) bond motifs is 2. The Bertz CT molecular complexity index is 6170. The molecule has 0 unspecified atom stereocenters. The summed E-state index contributed by atoms with van der Waals surface area (Å²) in [6.45, 7) is 24.6. The summed E-state index contributed by atoms with van der Waals surface area (Å²) in [4.78, 5) is 47.2. The molecule has 0 aliphatic carbocycles. The van der Waals surface area contributed by atoms with Crippen LogP contribution in [-0.4, -0.2) is 51.7 Å². The van der Waals surface area contributed by atoms with E-state index >= 15 is 0 Å². The number of carbonyl (C=O) groups excluding carboxylic acids is 2. The first-order valence-corrected chi connectivity index (χ1v) is 39.9. The molecule has 14 heteroatoms. The number of carbonyl (C=O) groups is 2. The molecule has 0 saturated heterocycles. The van der Waals surface area contributed by atoms with Crippen molar-refractivity contribution in [3.8, 4) is 101 Å². The van der Waals surface area contributed by atoms with Crippen LogP contribution in [0, 0.1) is 98.7 Å². The van der Waals surface area contributed by atoms with Crippen LogP contribution in [0.15, 0.2) is 358 Å². The number of hydrogen-bond acceptors (Lipinski definition) is 10. The SMILES string of the molecule is C.C.CC(=O)C=C(C)O.CC(=O)C=C(C)O.Cc1[c-]c(-c2cc(-c3ccc(C)cc3)c3ccccc3n2)cc(C)c1.Cc1[c-]c(-c2cc(C)c3ccccc3n2)cc(C)c1.Cc1cc(-c2[c-]cccc2)ncc1-c1ccccc1.Cc1ccc(-c2[c-]cccc2)nc1.Cc1ccnc(-c2[c-]ccc(-c3ccccc3)c2)c1.[Ir].[Ir].[Ir].[Ir].[c-]1ccccc1-c1ccccn1. The number of rotatable bonds is 11. The molecular weight excluding hydrogens is 2270 g/mol. The van der Waals surface area contributed by atoms with Crippen LogP contribution in [0.3, 0.4) is 0 Å². The first-order chi connectivity index (χ1) is 58.5. The molecule has 127 heavy (non-hydrogen) atoms. The number of hydrogen-bond donors (Lipinski definition) is 2. The molecule has 11 aromatic carbocycles. The fourth-order valence-electron chi connectivity index (χ4n) is 13.0. The Hall–Kier alpha value is -12.1. The van der Waals surface area contributed by atoms with Crippen LogP contribution in [-0.2, 0) is 90.0 Å². The smallest absolute Gasteiger partial charge is 0.155 e. The largest absolute Gasteiger partial charge is 0.512 e. The second-order valence-electron chi connectivity index (χ2n) is 29.2. The topological polar surface area (TPSA) is 152 Å². The van der Waals surface area contributed by atoms with Crippen molar-refractivity contribution in [2.75, 3.05) is 0 Å². The molecule has 0 atom stereocenters. The molecule has 6 heterocycles. The predicted octanol–water partition coefficient (Wildman–Crippen LogP) is 28.7. The standard InChI is InChI=1S/C24H20N.C18H16N.2C18H14N.C12H10N.C11H8N.2C5H8O2.2CH4.4Ir/c1-16-8-10-19(11-9-16)22-15-24(20-13-17(2)12-18(3)14-20)25-23-7-5-4-6-21(22)23;1-12-8-13(2)10-15(9-12)18-11-14(3)16-6-4-5-7-17(16)19-18;1-14-12-18(16-10-6-3-7-11-16)19-13-17(14)15-8-4-2-5-9-15;1-14-10-11-19-18(12-14)17-9-5-8-16(13-17)15-6-3-2-4-7-15;1-10-7-8-12(13-9-10)11-5-3-2-4-6-11;1-2-6-10(7-3-1)11-8-4-5-9-12-11;2*1-4(6)3-5(2)7;;;;;;/h4-13,15H,1-3H3;4-9,11H,1-3H3;2-10,12-13H,1H3;2-8,10-13H,1H3;2-5,7-9H,1H3;1-6,8-9H;2*3,6H,1-2H3;2*1H4;;;;/q6*-1;;;;;;;;. The number of nitrogens with zero attached hydrogens (tertiary/aromatic N) is 6. The summed E-state index contributed by atoms with van der Waals surface area (Å²) in [5, 5.41) is 19.1. The minimum atomic E-state index is -0.125. The summed E-state index contributed by atoms with van der Waals surface area (Å²) < 4.78 is 0. The number of pyridine rings is 6. The van der Waals surface area contributed by atoms with Crippen molar-refractivity contribution in [3.05, 3.63) is 444 Å². The number of aromatic nitrogens is 6. The van der Waals surface area contributed by atoms with Crippen LogP contribution in [0.25, 0.3) is 123 Å². The Morgan fingerprint density at radius 1 is 0.291 bits per heavy atom. The number of benzene rings is 11. The molecule has 6 aromatic heterocycles. The molecule has 10 nitrogen and oxygen atoms in total. The van der Waals surface area contributed by atoms with Crippen molar-refractivity contribution in [1.82, 2.24) is 29.9 Å². The molecule has 2 N–H and O–H groups in total. The van der Waals surface area contributed by atoms with E-state index in [0.29, 0.717) is 0 Å². The summed E-state index contributed by atoms with van der Waals surface area (Å²) in [5.74, 6) is -0.125. The van der Waals surface area contributed by atoms with Gasteiger partial charge in [-0.25, -0.2) is 0 Å². The van der Waals surface area contributed by atoms with Gasteiger partial charge >= 0.3 is 0 Å². The number of aryl methyl sites for hydroxylation is 9. The van der Waals surface area contributed by atoms with Gasteiger partial charge in [0.05, 0.1) is 22.6 Å². The molecule has 0 bridgehead atoms. The van der Waals surface area contributed by atoms with Crippen molar-refractivity contribution >= 4 is 33.4 Å². The molecule has 0 aliphatic rings. The quantitative estimate of drug-likeness (QED) is 0.0727. The fraction of sp³-hybridized carbons (Fsp3) is 0.133. The van der Waals surface area contributed by atoms with Crippen molar-refractivity contribution in [2.24, 2.45) is 0 Å². The van der Waals surface area contributed by atoms with Crippen molar-refractivity contribution in [2.45, 2.75) is 105 Å². The number of aliphatic hydroxyl groups excluding tert-OH is 2. The van der Waals surface area contributed by atoms with E-state index in [1.54, 1.807) is 6.20 Å². The average molecular weight is 2380 g/mol. The van der Waals surface area contributed by atoms with Gasteiger partial charge in [-0.1, -0.05) is 224 Å². The third-order valence-corrected chi connectivity index (χ3v) is 18.5. The Labute approximate surface area is 806 Å². The molecule has 17 aromatic rings. The van der Waals surface area contributed by atoms with E-state index in [9.17, 15) is 9.59 Å². The first-order valence-electron chi connectivity index (χ1n) is 39.9. The minimum absolute atomic E-state index is 0. The van der Waals surface area contributed by atoms with Crippen LogP contribution in [0.2, 0.25) is 0 Å². The summed E-state index contributed by atoms with van der Waals surface area (Å²) in [5.41, 5.74) is 32.4. The van der Waals surface area contributed by atoms with Gasteiger partial charge in [-0.15, -0.1) is 213 Å². The maximum atomic E-state index is 10.0. The zero-order chi connectivity index (χ0) is 86.0. The van der Waals surface area contributed by atoms with E-state index in [0.717, 1.165) is 89.7 Å². The maximum Gasteiger partial charge on any atom is 0.155 e. The zero-order valence-electron chi connectivity index (χ0n) is 72.1. The van der Waals surface area contributed by atoms with E-state index in [1.807, 2.05) is 171 Å². The van der Waals surface area contributed by atoms with E-state index in [4.69, 9.17) is 20.2 Å². The Kier molecular flexibility index (Phi) is 46.7. The fourth-order valence-corrected chi connectivity index (χ4v) is 13.0. The maximum absolute atomic E-state index is 10.0. The van der Waals surface area contributed by atoms with Gasteiger partial charge in [0.2, 0.25) is 0 Å². The molecule has 0 amide bonds. The molecule has 0 spiro atoms. The van der Waals surface area contributed by atoms with Crippen LogP contribution < -0.4 is 0 Å². The normalized spacial score (nSPS) is 10.1. The molecule has 17 rings (SSSR count). The third-order valence-electron chi connectivity index (χ3n) is 18.5. The van der Waals surface area contributed by atoms with Gasteiger partial charge in [0.25, 0.3) is 0 Å². The van der Waals surface area contributed by atoms with E-state index in [1.165, 1.54) is 123 Å². The van der Waals surface area contributed by atoms with E-state index in [2.05, 4.69) is 276 Å². The van der Waals surface area contributed by atoms with Gasteiger partial charge in [-0.3, -0.25) is 19.6 Å². The van der Waals surface area contributed by atoms with Crippen LogP contribution in [0.5, 0.6) is 0 Å². The Balaban J connectivity index is 0.000000310. The van der Waals surface area contributed by atoms with E-state index in [-0.39, 0.29) is 118 Å². The molecule has 0 aliphatic heterocycles. The number of para-hydroxylation sites is 2. The number of ketones is 2. The molecule has 0 fully saturated rings. The molecular formula is C113H106Ir4N6O4-6. The third kappa shape index (κ3) is 34.6.